The second kappa shape index (κ2) is 5.79. The van der Waals surface area contributed by atoms with Crippen LogP contribution in [-0.4, -0.2) is 33.5 Å². The van der Waals surface area contributed by atoms with Crippen molar-refractivity contribution in [2.45, 2.75) is 31.3 Å². The van der Waals surface area contributed by atoms with E-state index >= 15 is 0 Å². The van der Waals surface area contributed by atoms with E-state index in [9.17, 15) is 8.42 Å². The number of anilines is 1. The molecule has 0 saturated carbocycles. The number of ether oxygens (including phenoxy) is 2. The summed E-state index contributed by atoms with van der Waals surface area (Å²) >= 11 is 0. The molecule has 1 rings (SSSR count). The summed E-state index contributed by atoms with van der Waals surface area (Å²) in [7, 11) is -3.25. The fraction of sp³-hybridized carbons (Fsp3) is 0.538. The van der Waals surface area contributed by atoms with Crippen molar-refractivity contribution < 1.29 is 17.9 Å². The molecule has 0 fully saturated rings. The molecule has 0 aliphatic heterocycles. The molecule has 0 aliphatic rings. The molecule has 0 bridgehead atoms. The quantitative estimate of drug-likeness (QED) is 0.660. The lowest BCUT2D eigenvalue weighted by Gasteiger charge is -2.19. The molecule has 19 heavy (non-hydrogen) atoms. The van der Waals surface area contributed by atoms with Gasteiger partial charge < -0.3 is 15.2 Å². The normalized spacial score (nSPS) is 12.4. The largest absolute Gasteiger partial charge is 0.489 e. The second-order valence-electron chi connectivity index (χ2n) is 5.28. The van der Waals surface area contributed by atoms with E-state index in [0.717, 1.165) is 6.26 Å². The summed E-state index contributed by atoms with van der Waals surface area (Å²) in [5.41, 5.74) is 5.85. The number of nitrogen functional groups attached to an aromatic ring is 1. The van der Waals surface area contributed by atoms with Crippen molar-refractivity contribution in [1.82, 2.24) is 0 Å². The maximum absolute atomic E-state index is 11.4. The molecule has 108 valence electrons. The molecule has 2 N–H and O–H groups in total. The van der Waals surface area contributed by atoms with Gasteiger partial charge >= 0.3 is 0 Å². The van der Waals surface area contributed by atoms with Gasteiger partial charge in [0, 0.05) is 6.26 Å². The number of hydrogen-bond donors (Lipinski definition) is 1. The molecular weight excluding hydrogens is 266 g/mol. The predicted molar refractivity (Wildman–Crippen MR) is 75.2 cm³/mol. The molecule has 1 aromatic rings. The maximum atomic E-state index is 11.4. The van der Waals surface area contributed by atoms with Crippen LogP contribution in [0.15, 0.2) is 23.1 Å². The SMILES string of the molecule is CC(C)(C)OCCOc1ccc(S(C)(=O)=O)cc1N. The average Bonchev–Trinajstić information content (AvgIpc) is 2.23. The standard InChI is InChI=1S/C13H21NO4S/c1-13(2,3)18-8-7-17-12-6-5-10(9-11(12)14)19(4,15)16/h5-6,9H,7-8,14H2,1-4H3. The molecular formula is C13H21NO4S. The molecule has 0 radical (unpaired) electrons. The smallest absolute Gasteiger partial charge is 0.175 e. The highest BCUT2D eigenvalue weighted by Crippen LogP contribution is 2.24. The minimum Gasteiger partial charge on any atom is -0.489 e. The first-order valence-corrected chi connectivity index (χ1v) is 7.85. The molecule has 0 aromatic heterocycles. The first-order valence-electron chi connectivity index (χ1n) is 5.96. The van der Waals surface area contributed by atoms with E-state index in [0.29, 0.717) is 24.7 Å². The van der Waals surface area contributed by atoms with Crippen LogP contribution in [0.1, 0.15) is 20.8 Å². The summed E-state index contributed by atoms with van der Waals surface area (Å²) in [6.07, 6.45) is 1.14. The minimum atomic E-state index is -3.25. The van der Waals surface area contributed by atoms with E-state index in [1.165, 1.54) is 12.1 Å². The summed E-state index contributed by atoms with van der Waals surface area (Å²) < 4.78 is 33.7. The van der Waals surface area contributed by atoms with Gasteiger partial charge in [0.2, 0.25) is 0 Å². The van der Waals surface area contributed by atoms with Gasteiger partial charge in [-0.05, 0) is 39.0 Å². The Labute approximate surface area is 114 Å². The summed E-state index contributed by atoms with van der Waals surface area (Å²) in [6, 6.07) is 4.43. The lowest BCUT2D eigenvalue weighted by molar-refractivity contribution is -0.0162. The topological polar surface area (TPSA) is 78.6 Å². The Morgan fingerprint density at radius 2 is 1.84 bits per heavy atom. The summed E-state index contributed by atoms with van der Waals surface area (Å²) in [6.45, 7) is 6.68. The van der Waals surface area contributed by atoms with Crippen molar-refractivity contribution in [3.8, 4) is 5.75 Å². The Balaban J connectivity index is 2.61. The van der Waals surface area contributed by atoms with E-state index in [-0.39, 0.29) is 10.5 Å². The zero-order chi connectivity index (χ0) is 14.7. The van der Waals surface area contributed by atoms with Crippen molar-refractivity contribution in [2.75, 3.05) is 25.2 Å². The van der Waals surface area contributed by atoms with E-state index in [2.05, 4.69) is 0 Å². The van der Waals surface area contributed by atoms with E-state index in [4.69, 9.17) is 15.2 Å². The van der Waals surface area contributed by atoms with Crippen LogP contribution in [0.3, 0.4) is 0 Å². The minimum absolute atomic E-state index is 0.184. The number of benzene rings is 1. The van der Waals surface area contributed by atoms with Crippen molar-refractivity contribution in [2.24, 2.45) is 0 Å². The van der Waals surface area contributed by atoms with Gasteiger partial charge in [-0.15, -0.1) is 0 Å². The number of sulfone groups is 1. The third-order valence-electron chi connectivity index (χ3n) is 2.29. The summed E-state index contributed by atoms with van der Waals surface area (Å²) in [4.78, 5) is 0.184. The molecule has 1 aromatic carbocycles. The van der Waals surface area contributed by atoms with Gasteiger partial charge in [-0.2, -0.15) is 0 Å². The van der Waals surface area contributed by atoms with E-state index in [1.54, 1.807) is 6.07 Å². The molecule has 6 heteroatoms. The van der Waals surface area contributed by atoms with Crippen LogP contribution in [0, 0.1) is 0 Å². The molecule has 0 atom stereocenters. The molecule has 0 aliphatic carbocycles. The maximum Gasteiger partial charge on any atom is 0.175 e. The molecule has 5 nitrogen and oxygen atoms in total. The highest BCUT2D eigenvalue weighted by atomic mass is 32.2. The van der Waals surface area contributed by atoms with Crippen LogP contribution in [0.2, 0.25) is 0 Å². The van der Waals surface area contributed by atoms with Crippen LogP contribution < -0.4 is 10.5 Å². The van der Waals surface area contributed by atoms with Gasteiger partial charge in [0.25, 0.3) is 0 Å². The fourth-order valence-electron chi connectivity index (χ4n) is 1.39. The van der Waals surface area contributed by atoms with Gasteiger partial charge in [-0.1, -0.05) is 0 Å². The van der Waals surface area contributed by atoms with Crippen molar-refractivity contribution in [3.63, 3.8) is 0 Å². The zero-order valence-corrected chi connectivity index (χ0v) is 12.6. The summed E-state index contributed by atoms with van der Waals surface area (Å²) in [5.74, 6) is 0.463. The second-order valence-corrected chi connectivity index (χ2v) is 7.30. The van der Waals surface area contributed by atoms with Crippen LogP contribution >= 0.6 is 0 Å². The Morgan fingerprint density at radius 3 is 2.32 bits per heavy atom. The van der Waals surface area contributed by atoms with Gasteiger partial charge in [-0.3, -0.25) is 0 Å². The van der Waals surface area contributed by atoms with Gasteiger partial charge in [0.1, 0.15) is 12.4 Å². The molecule has 0 spiro atoms. The van der Waals surface area contributed by atoms with Crippen molar-refractivity contribution >= 4 is 15.5 Å². The third kappa shape index (κ3) is 5.48. The highest BCUT2D eigenvalue weighted by Gasteiger charge is 2.11. The first-order chi connectivity index (χ1) is 8.59. The van der Waals surface area contributed by atoms with Gasteiger partial charge in [-0.25, -0.2) is 8.42 Å². The number of nitrogens with two attached hydrogens (primary N) is 1. The Kier molecular flexibility index (Phi) is 4.81. The fourth-order valence-corrected chi connectivity index (χ4v) is 2.04. The van der Waals surface area contributed by atoms with Crippen LogP contribution in [0.5, 0.6) is 5.75 Å². The molecule has 0 unspecified atom stereocenters. The van der Waals surface area contributed by atoms with Crippen molar-refractivity contribution in [1.29, 1.82) is 0 Å². The van der Waals surface area contributed by atoms with Gasteiger partial charge in [0.15, 0.2) is 9.84 Å². The molecule has 0 saturated heterocycles. The molecule has 0 heterocycles. The molecule has 0 amide bonds. The summed E-state index contributed by atoms with van der Waals surface area (Å²) in [5, 5.41) is 0. The number of rotatable bonds is 5. The third-order valence-corrected chi connectivity index (χ3v) is 3.40. The van der Waals surface area contributed by atoms with Crippen LogP contribution in [-0.2, 0) is 14.6 Å². The number of hydrogen-bond acceptors (Lipinski definition) is 5. The first kappa shape index (κ1) is 15.8. The Hall–Kier alpha value is -1.27. The lowest BCUT2D eigenvalue weighted by atomic mass is 10.2. The van der Waals surface area contributed by atoms with Crippen LogP contribution in [0.4, 0.5) is 5.69 Å². The van der Waals surface area contributed by atoms with Gasteiger partial charge in [0.05, 0.1) is 22.8 Å². The average molecular weight is 287 g/mol. The monoisotopic (exact) mass is 287 g/mol. The van der Waals surface area contributed by atoms with E-state index in [1.807, 2.05) is 20.8 Å². The van der Waals surface area contributed by atoms with Crippen molar-refractivity contribution in [3.05, 3.63) is 18.2 Å². The van der Waals surface area contributed by atoms with Crippen LogP contribution in [0.25, 0.3) is 0 Å². The van der Waals surface area contributed by atoms with E-state index < -0.39 is 9.84 Å². The zero-order valence-electron chi connectivity index (χ0n) is 11.8. The lowest BCUT2D eigenvalue weighted by Crippen LogP contribution is -2.22. The predicted octanol–water partition coefficient (Wildman–Crippen LogP) is 1.87. The Morgan fingerprint density at radius 1 is 1.21 bits per heavy atom. The Bertz CT molecular complexity index is 532. The highest BCUT2D eigenvalue weighted by molar-refractivity contribution is 7.90.